The molecule has 0 fully saturated rings. The molecule has 0 aliphatic carbocycles. The number of ether oxygens (including phenoxy) is 1. The van der Waals surface area contributed by atoms with Crippen LogP contribution in [-0.4, -0.2) is 34.6 Å². The summed E-state index contributed by atoms with van der Waals surface area (Å²) in [6.45, 7) is 1.78. The monoisotopic (exact) mass is 381 g/mol. The molecule has 0 radical (unpaired) electrons. The maximum atomic E-state index is 12.1. The van der Waals surface area contributed by atoms with E-state index in [1.54, 1.807) is 25.1 Å². The summed E-state index contributed by atoms with van der Waals surface area (Å²) in [5.74, 6) is -0.293. The first-order valence-electron chi connectivity index (χ1n) is 7.05. The Morgan fingerprint density at radius 1 is 1.28 bits per heavy atom. The highest BCUT2D eigenvalue weighted by Gasteiger charge is 2.14. The van der Waals surface area contributed by atoms with Crippen LogP contribution in [0, 0.1) is 6.92 Å². The van der Waals surface area contributed by atoms with Gasteiger partial charge in [-0.15, -0.1) is 0 Å². The van der Waals surface area contributed by atoms with Crippen LogP contribution in [0.2, 0.25) is 5.02 Å². The van der Waals surface area contributed by atoms with Crippen LogP contribution in [0.25, 0.3) is 0 Å². The number of amides is 2. The fourth-order valence-electron chi connectivity index (χ4n) is 1.85. The van der Waals surface area contributed by atoms with Crippen molar-refractivity contribution >= 4 is 41.0 Å². The molecule has 0 spiro atoms. The summed E-state index contributed by atoms with van der Waals surface area (Å²) < 4.78 is 5.09. The minimum absolute atomic E-state index is 0.00978. The van der Waals surface area contributed by atoms with Crippen LogP contribution in [-0.2, 0) is 4.79 Å². The summed E-state index contributed by atoms with van der Waals surface area (Å²) in [5.41, 5.74) is 11.1. The highest BCUT2D eigenvalue weighted by atomic mass is 35.5. The van der Waals surface area contributed by atoms with Gasteiger partial charge >= 0.3 is 0 Å². The van der Waals surface area contributed by atoms with E-state index in [4.69, 9.17) is 22.1 Å². The number of anilines is 1. The second-order valence-electron chi connectivity index (χ2n) is 4.85. The van der Waals surface area contributed by atoms with Crippen molar-refractivity contribution in [2.24, 2.45) is 0 Å². The minimum atomic E-state index is -0.547. The third kappa shape index (κ3) is 5.50. The van der Waals surface area contributed by atoms with Gasteiger partial charge in [0.25, 0.3) is 5.91 Å². The molecule has 0 aliphatic rings. The van der Waals surface area contributed by atoms with Crippen LogP contribution in [0.1, 0.15) is 16.1 Å². The summed E-state index contributed by atoms with van der Waals surface area (Å²) in [5, 5.41) is 0.762. The normalized spacial score (nSPS) is 10.2. The number of carbonyl (C=O) groups excluding carboxylic acids is 2. The van der Waals surface area contributed by atoms with Crippen LogP contribution >= 0.6 is 23.4 Å². The van der Waals surface area contributed by atoms with Gasteiger partial charge in [0.2, 0.25) is 5.91 Å². The topological polar surface area (TPSA) is 119 Å². The van der Waals surface area contributed by atoms with Crippen molar-refractivity contribution in [3.8, 4) is 5.75 Å². The average Bonchev–Trinajstić information content (AvgIpc) is 2.57. The number of benzene rings is 1. The van der Waals surface area contributed by atoms with Crippen LogP contribution < -0.4 is 21.3 Å². The first-order chi connectivity index (χ1) is 11.9. The molecule has 2 rings (SSSR count). The van der Waals surface area contributed by atoms with E-state index in [1.165, 1.54) is 13.2 Å². The zero-order valence-electron chi connectivity index (χ0n) is 13.5. The number of aryl methyl sites for hydroxylation is 1. The van der Waals surface area contributed by atoms with Gasteiger partial charge in [-0.2, -0.15) is 0 Å². The molecule has 0 saturated heterocycles. The fraction of sp³-hybridized carbons (Fsp3) is 0.200. The third-order valence-electron chi connectivity index (χ3n) is 2.91. The molecule has 0 atom stereocenters. The molecular formula is C15H16ClN5O3S. The third-order valence-corrected chi connectivity index (χ3v) is 3.99. The summed E-state index contributed by atoms with van der Waals surface area (Å²) in [6, 6.07) is 6.23. The summed E-state index contributed by atoms with van der Waals surface area (Å²) in [7, 11) is 1.43. The largest absolute Gasteiger partial charge is 0.496 e. The average molecular weight is 382 g/mol. The number of rotatable bonds is 5. The first-order valence-corrected chi connectivity index (χ1v) is 8.42. The number of carbonyl (C=O) groups is 2. The zero-order valence-corrected chi connectivity index (χ0v) is 15.1. The number of nitrogens with zero attached hydrogens (tertiary/aromatic N) is 2. The van der Waals surface area contributed by atoms with E-state index in [-0.39, 0.29) is 11.3 Å². The van der Waals surface area contributed by atoms with Crippen LogP contribution in [0.4, 0.5) is 5.82 Å². The van der Waals surface area contributed by atoms with Crippen molar-refractivity contribution in [2.75, 3.05) is 18.6 Å². The van der Waals surface area contributed by atoms with Gasteiger partial charge in [-0.3, -0.25) is 20.4 Å². The van der Waals surface area contributed by atoms with Gasteiger partial charge in [-0.1, -0.05) is 23.4 Å². The highest BCUT2D eigenvalue weighted by molar-refractivity contribution is 7.99. The van der Waals surface area contributed by atoms with Crippen LogP contribution in [0.5, 0.6) is 5.75 Å². The van der Waals surface area contributed by atoms with Crippen LogP contribution in [0.3, 0.4) is 0 Å². The van der Waals surface area contributed by atoms with Gasteiger partial charge in [0.05, 0.1) is 18.4 Å². The lowest BCUT2D eigenvalue weighted by atomic mass is 10.2. The Balaban J connectivity index is 1.89. The number of aromatic nitrogens is 2. The van der Waals surface area contributed by atoms with Gasteiger partial charge in [0.15, 0.2) is 5.16 Å². The second kappa shape index (κ2) is 8.54. The Hall–Kier alpha value is -2.52. The maximum absolute atomic E-state index is 12.1. The van der Waals surface area contributed by atoms with E-state index in [1.807, 2.05) is 0 Å². The first kappa shape index (κ1) is 18.8. The molecule has 1 aromatic carbocycles. The maximum Gasteiger partial charge on any atom is 0.273 e. The Bertz CT molecular complexity index is 782. The number of nitrogen functional groups attached to an aromatic ring is 1. The molecule has 2 aromatic rings. The molecular weight excluding hydrogens is 366 g/mol. The minimum Gasteiger partial charge on any atom is -0.496 e. The smallest absolute Gasteiger partial charge is 0.273 e. The molecule has 132 valence electrons. The van der Waals surface area contributed by atoms with Crippen molar-refractivity contribution in [2.45, 2.75) is 12.1 Å². The Labute approximate surface area is 153 Å². The quantitative estimate of drug-likeness (QED) is 0.408. The Morgan fingerprint density at radius 2 is 2.04 bits per heavy atom. The van der Waals surface area contributed by atoms with Crippen molar-refractivity contribution < 1.29 is 14.3 Å². The predicted octanol–water partition coefficient (Wildman–Crippen LogP) is 1.58. The van der Waals surface area contributed by atoms with E-state index < -0.39 is 11.8 Å². The summed E-state index contributed by atoms with van der Waals surface area (Å²) in [4.78, 5) is 32.2. The standard InChI is InChI=1S/C15H16ClN5O3S/c1-8-5-12(17)19-15(18-8)25-7-13(22)20-21-14(23)10-6-9(16)3-4-11(10)24-2/h3-6H,7H2,1-2H3,(H,20,22)(H,21,23)(H2,17,18,19). The second-order valence-corrected chi connectivity index (χ2v) is 6.23. The van der Waals surface area contributed by atoms with Crippen molar-refractivity contribution in [1.82, 2.24) is 20.8 Å². The Morgan fingerprint density at radius 3 is 2.72 bits per heavy atom. The molecule has 4 N–H and O–H groups in total. The lowest BCUT2D eigenvalue weighted by Crippen LogP contribution is -2.42. The number of hydrogen-bond acceptors (Lipinski definition) is 7. The number of hydrazine groups is 1. The van der Waals surface area contributed by atoms with E-state index in [0.29, 0.717) is 27.4 Å². The number of hydrogen-bond donors (Lipinski definition) is 3. The van der Waals surface area contributed by atoms with E-state index in [9.17, 15) is 9.59 Å². The molecule has 0 aliphatic heterocycles. The van der Waals surface area contributed by atoms with E-state index in [0.717, 1.165) is 11.8 Å². The SMILES string of the molecule is COc1ccc(Cl)cc1C(=O)NNC(=O)CSc1nc(C)cc(N)n1. The van der Waals surface area contributed by atoms with Gasteiger partial charge < -0.3 is 10.5 Å². The lowest BCUT2D eigenvalue weighted by molar-refractivity contribution is -0.119. The van der Waals surface area contributed by atoms with Gasteiger partial charge in [-0.25, -0.2) is 9.97 Å². The number of thioether (sulfide) groups is 1. The zero-order chi connectivity index (χ0) is 18.4. The van der Waals surface area contributed by atoms with E-state index >= 15 is 0 Å². The van der Waals surface area contributed by atoms with Crippen molar-refractivity contribution in [3.63, 3.8) is 0 Å². The van der Waals surface area contributed by atoms with Gasteiger partial charge in [-0.05, 0) is 25.1 Å². The number of methoxy groups -OCH3 is 1. The lowest BCUT2D eigenvalue weighted by Gasteiger charge is -2.10. The molecule has 25 heavy (non-hydrogen) atoms. The van der Waals surface area contributed by atoms with Gasteiger partial charge in [0.1, 0.15) is 11.6 Å². The number of nitrogens with one attached hydrogen (secondary N) is 2. The Kier molecular flexibility index (Phi) is 6.43. The molecule has 8 nitrogen and oxygen atoms in total. The fourth-order valence-corrected chi connectivity index (χ4v) is 2.73. The van der Waals surface area contributed by atoms with Gasteiger partial charge in [0, 0.05) is 16.8 Å². The summed E-state index contributed by atoms with van der Waals surface area (Å²) >= 11 is 6.98. The number of nitrogens with two attached hydrogens (primary N) is 1. The number of halogens is 1. The summed E-state index contributed by atoms with van der Waals surface area (Å²) in [6.07, 6.45) is 0. The molecule has 0 saturated carbocycles. The molecule has 1 aromatic heterocycles. The van der Waals surface area contributed by atoms with E-state index in [2.05, 4.69) is 20.8 Å². The predicted molar refractivity (Wildman–Crippen MR) is 95.5 cm³/mol. The molecule has 0 bridgehead atoms. The van der Waals surface area contributed by atoms with Crippen molar-refractivity contribution in [1.29, 1.82) is 0 Å². The molecule has 2 amide bonds. The molecule has 0 unspecified atom stereocenters. The highest BCUT2D eigenvalue weighted by Crippen LogP contribution is 2.22. The molecule has 1 heterocycles. The van der Waals surface area contributed by atoms with Crippen LogP contribution in [0.15, 0.2) is 29.4 Å². The van der Waals surface area contributed by atoms with Crippen molar-refractivity contribution in [3.05, 3.63) is 40.5 Å². The molecule has 10 heteroatoms.